The summed E-state index contributed by atoms with van der Waals surface area (Å²) in [5.74, 6) is -0.940. The zero-order chi connectivity index (χ0) is 20.1. The van der Waals surface area contributed by atoms with E-state index in [1.54, 1.807) is 24.3 Å². The van der Waals surface area contributed by atoms with Crippen LogP contribution in [0.5, 0.6) is 0 Å². The van der Waals surface area contributed by atoms with Crippen LogP contribution in [0.4, 0.5) is 0 Å². The summed E-state index contributed by atoms with van der Waals surface area (Å²) in [6.45, 7) is 0.202. The minimum absolute atomic E-state index is 0.202. The average Bonchev–Trinajstić information content (AvgIpc) is 3.00. The summed E-state index contributed by atoms with van der Waals surface area (Å²) in [6.07, 6.45) is -3.17. The lowest BCUT2D eigenvalue weighted by atomic mass is 9.95. The van der Waals surface area contributed by atoms with Crippen molar-refractivity contribution in [1.82, 2.24) is 4.90 Å². The van der Waals surface area contributed by atoms with E-state index in [-0.39, 0.29) is 6.61 Å². The van der Waals surface area contributed by atoms with Gasteiger partial charge in [-0.3, -0.25) is 14.5 Å². The Bertz CT molecular complexity index is 918. The van der Waals surface area contributed by atoms with Crippen molar-refractivity contribution < 1.29 is 28.9 Å². The van der Waals surface area contributed by atoms with Crippen molar-refractivity contribution in [3.05, 3.63) is 71.3 Å². The van der Waals surface area contributed by atoms with E-state index in [4.69, 9.17) is 14.2 Å². The van der Waals surface area contributed by atoms with Gasteiger partial charge in [0.1, 0.15) is 29.8 Å². The van der Waals surface area contributed by atoms with E-state index in [9.17, 15) is 14.7 Å². The Labute approximate surface area is 172 Å². The summed E-state index contributed by atoms with van der Waals surface area (Å²) >= 11 is 4.42. The molecule has 2 fully saturated rings. The monoisotopic (exact) mass is 413 g/mol. The lowest BCUT2D eigenvalue weighted by molar-refractivity contribution is -0.309. The number of thiol groups is 1. The predicted octanol–water partition coefficient (Wildman–Crippen LogP) is 1.78. The van der Waals surface area contributed by atoms with Gasteiger partial charge in [-0.1, -0.05) is 42.5 Å². The molecule has 2 amide bonds. The van der Waals surface area contributed by atoms with Crippen molar-refractivity contribution in [2.24, 2.45) is 0 Å². The Hall–Kier alpha value is -2.23. The van der Waals surface area contributed by atoms with Crippen LogP contribution in [0.2, 0.25) is 0 Å². The van der Waals surface area contributed by atoms with E-state index >= 15 is 0 Å². The van der Waals surface area contributed by atoms with Crippen LogP contribution < -0.4 is 0 Å². The van der Waals surface area contributed by atoms with Crippen molar-refractivity contribution in [1.29, 1.82) is 0 Å². The third-order valence-electron chi connectivity index (χ3n) is 5.55. The fourth-order valence-electron chi connectivity index (χ4n) is 4.13. The highest BCUT2D eigenvalue weighted by Gasteiger charge is 2.54. The summed E-state index contributed by atoms with van der Waals surface area (Å²) < 4.78 is 17.6. The van der Waals surface area contributed by atoms with Crippen LogP contribution in [0, 0.1) is 0 Å². The van der Waals surface area contributed by atoms with E-state index in [1.165, 1.54) is 0 Å². The van der Waals surface area contributed by atoms with Crippen molar-refractivity contribution in [3.8, 4) is 0 Å². The molecule has 0 aromatic heterocycles. The van der Waals surface area contributed by atoms with E-state index < -0.39 is 47.9 Å². The summed E-state index contributed by atoms with van der Waals surface area (Å²) in [6, 6.07) is 15.0. The number of imide groups is 1. The van der Waals surface area contributed by atoms with E-state index in [0.717, 1.165) is 10.5 Å². The van der Waals surface area contributed by atoms with Crippen molar-refractivity contribution >= 4 is 24.4 Å². The molecule has 29 heavy (non-hydrogen) atoms. The number of aliphatic hydroxyl groups is 1. The smallest absolute Gasteiger partial charge is 0.262 e. The molecule has 8 heteroatoms. The van der Waals surface area contributed by atoms with Crippen LogP contribution in [0.15, 0.2) is 54.6 Å². The second-order valence-corrected chi connectivity index (χ2v) is 7.76. The first-order valence-corrected chi connectivity index (χ1v) is 9.88. The van der Waals surface area contributed by atoms with Gasteiger partial charge in [0.2, 0.25) is 0 Å². The number of carbonyl (C=O) groups excluding carboxylic acids is 2. The van der Waals surface area contributed by atoms with E-state index in [0.29, 0.717) is 11.1 Å². The molecule has 5 rings (SSSR count). The Morgan fingerprint density at radius 1 is 0.931 bits per heavy atom. The molecule has 150 valence electrons. The lowest BCUT2D eigenvalue weighted by Gasteiger charge is -2.48. The summed E-state index contributed by atoms with van der Waals surface area (Å²) in [5.41, 5.74) is 0.558. The maximum absolute atomic E-state index is 12.9. The zero-order valence-corrected chi connectivity index (χ0v) is 16.1. The highest BCUT2D eigenvalue weighted by atomic mass is 32.1. The Kier molecular flexibility index (Phi) is 4.68. The van der Waals surface area contributed by atoms with E-state index in [2.05, 4.69) is 12.6 Å². The third-order valence-corrected chi connectivity index (χ3v) is 5.97. The lowest BCUT2D eigenvalue weighted by Crippen LogP contribution is -2.66. The number of aliphatic hydroxyl groups excluding tert-OH is 1. The first-order chi connectivity index (χ1) is 14.1. The van der Waals surface area contributed by atoms with Gasteiger partial charge in [0.25, 0.3) is 11.8 Å². The number of benzene rings is 2. The van der Waals surface area contributed by atoms with Gasteiger partial charge in [0, 0.05) is 5.56 Å². The molecule has 3 heterocycles. The van der Waals surface area contributed by atoms with Crippen LogP contribution in [0.1, 0.15) is 32.6 Å². The highest BCUT2D eigenvalue weighted by molar-refractivity contribution is 7.80. The van der Waals surface area contributed by atoms with Crippen LogP contribution in [0.25, 0.3) is 0 Å². The minimum Gasteiger partial charge on any atom is -0.388 e. The van der Waals surface area contributed by atoms with Crippen molar-refractivity contribution in [3.63, 3.8) is 0 Å². The van der Waals surface area contributed by atoms with Crippen molar-refractivity contribution in [2.45, 2.75) is 36.1 Å². The van der Waals surface area contributed by atoms with Crippen LogP contribution >= 0.6 is 12.6 Å². The largest absolute Gasteiger partial charge is 0.388 e. The summed E-state index contributed by atoms with van der Waals surface area (Å²) in [5, 5.41) is 11.1. The Morgan fingerprint density at radius 2 is 1.55 bits per heavy atom. The van der Waals surface area contributed by atoms with Gasteiger partial charge in [0.15, 0.2) is 6.29 Å². The van der Waals surface area contributed by atoms with Crippen LogP contribution in [0.3, 0.4) is 0 Å². The molecule has 0 radical (unpaired) electrons. The maximum atomic E-state index is 12.9. The molecular weight excluding hydrogens is 394 g/mol. The number of amides is 2. The van der Waals surface area contributed by atoms with Gasteiger partial charge in [-0.25, -0.2) is 0 Å². The number of hydrogen-bond acceptors (Lipinski definition) is 7. The molecule has 2 aromatic carbocycles. The molecular formula is C21H19NO6S. The van der Waals surface area contributed by atoms with Gasteiger partial charge in [0.05, 0.1) is 17.7 Å². The van der Waals surface area contributed by atoms with Gasteiger partial charge in [-0.05, 0) is 12.1 Å². The quantitative estimate of drug-likeness (QED) is 0.577. The zero-order valence-electron chi connectivity index (χ0n) is 15.3. The molecule has 2 aromatic rings. The fourth-order valence-corrected chi connectivity index (χ4v) is 4.60. The molecule has 6 atom stereocenters. The number of rotatable bonds is 2. The van der Waals surface area contributed by atoms with Gasteiger partial charge >= 0.3 is 0 Å². The molecule has 0 spiro atoms. The maximum Gasteiger partial charge on any atom is 0.262 e. The normalized spacial score (nSPS) is 34.1. The molecule has 1 N–H and O–H groups in total. The molecule has 0 aliphatic carbocycles. The van der Waals surface area contributed by atoms with E-state index in [1.807, 2.05) is 30.3 Å². The second-order valence-electron chi connectivity index (χ2n) is 7.25. The Balaban J connectivity index is 1.43. The SMILES string of the molecule is O=C1c2ccccc2C(=O)N1C1[C@H](S)OC2COC(c3ccccc3)O[C@H]2[C@@H]1O. The highest BCUT2D eigenvalue weighted by Crippen LogP contribution is 2.38. The van der Waals surface area contributed by atoms with Gasteiger partial charge < -0.3 is 19.3 Å². The third kappa shape index (κ3) is 2.99. The second kappa shape index (κ2) is 7.23. The molecule has 7 nitrogen and oxygen atoms in total. The van der Waals surface area contributed by atoms with Gasteiger partial charge in [-0.2, -0.15) is 0 Å². The van der Waals surface area contributed by atoms with Crippen LogP contribution in [-0.2, 0) is 14.2 Å². The Morgan fingerprint density at radius 3 is 2.21 bits per heavy atom. The number of ether oxygens (including phenoxy) is 3. The molecule has 0 saturated carbocycles. The van der Waals surface area contributed by atoms with Crippen LogP contribution in [-0.4, -0.2) is 58.2 Å². The molecule has 3 unspecified atom stereocenters. The number of hydrogen-bond donors (Lipinski definition) is 2. The fraction of sp³-hybridized carbons (Fsp3) is 0.333. The first kappa shape index (κ1) is 18.8. The molecule has 2 saturated heterocycles. The molecule has 3 aliphatic rings. The van der Waals surface area contributed by atoms with Gasteiger partial charge in [-0.15, -0.1) is 12.6 Å². The summed E-state index contributed by atoms with van der Waals surface area (Å²) in [7, 11) is 0. The molecule has 0 bridgehead atoms. The summed E-state index contributed by atoms with van der Waals surface area (Å²) in [4.78, 5) is 26.8. The minimum atomic E-state index is -1.17. The number of nitrogens with zero attached hydrogens (tertiary/aromatic N) is 1. The number of carbonyl (C=O) groups is 2. The molecule has 3 aliphatic heterocycles. The standard InChI is InChI=1S/C21H19NO6S/c23-16-15(22-18(24)12-8-4-5-9-13(12)19(22)25)21(29)27-14-10-26-20(28-17(14)16)11-6-2-1-3-7-11/h1-9,14-17,20-21,23,29H,10H2/t14?,15?,16-,17-,20?,21+/m1/s1. The predicted molar refractivity (Wildman–Crippen MR) is 104 cm³/mol. The first-order valence-electron chi connectivity index (χ1n) is 9.37. The number of fused-ring (bicyclic) bond motifs is 2. The topological polar surface area (TPSA) is 85.3 Å². The van der Waals surface area contributed by atoms with Crippen molar-refractivity contribution in [2.75, 3.05) is 6.61 Å². The average molecular weight is 413 g/mol.